The number of aromatic nitrogens is 4. The summed E-state index contributed by atoms with van der Waals surface area (Å²) in [5, 5.41) is 8.82. The molecule has 0 aliphatic heterocycles. The van der Waals surface area contributed by atoms with Crippen molar-refractivity contribution in [3.63, 3.8) is 0 Å². The van der Waals surface area contributed by atoms with Gasteiger partial charge in [0.25, 0.3) is 5.78 Å². The highest BCUT2D eigenvalue weighted by Crippen LogP contribution is 2.21. The molecule has 5 nitrogen and oxygen atoms in total. The van der Waals surface area contributed by atoms with E-state index in [9.17, 15) is 0 Å². The van der Waals surface area contributed by atoms with Crippen LogP contribution in [0.15, 0.2) is 48.5 Å². The molecule has 4 rings (SSSR count). The lowest BCUT2D eigenvalue weighted by molar-refractivity contribution is 0.894. The normalized spacial score (nSPS) is 11.1. The minimum absolute atomic E-state index is 0.588. The van der Waals surface area contributed by atoms with Crippen LogP contribution in [0.4, 0.5) is 11.5 Å². The van der Waals surface area contributed by atoms with Gasteiger partial charge in [-0.25, -0.2) is 4.98 Å². The molecule has 136 valence electrons. The van der Waals surface area contributed by atoms with E-state index in [2.05, 4.69) is 52.4 Å². The molecule has 0 amide bonds. The van der Waals surface area contributed by atoms with E-state index in [4.69, 9.17) is 11.6 Å². The van der Waals surface area contributed by atoms with E-state index in [1.165, 1.54) is 11.1 Å². The number of hydrogen-bond acceptors (Lipinski definition) is 4. The van der Waals surface area contributed by atoms with Crippen LogP contribution < -0.4 is 5.32 Å². The first-order valence-electron chi connectivity index (χ1n) is 8.80. The standard InChI is InChI=1S/C21H20ClN5/c1-13-4-9-18(10-14(13)2)24-20-11-15(3)23-21-25-19(26-27(20)21)12-16-5-7-17(22)8-6-16/h4-11,24H,12H2,1-3H3. The highest BCUT2D eigenvalue weighted by molar-refractivity contribution is 6.30. The molecule has 0 aliphatic rings. The maximum atomic E-state index is 5.96. The Kier molecular flexibility index (Phi) is 4.54. The van der Waals surface area contributed by atoms with Crippen LogP contribution in [0, 0.1) is 20.8 Å². The molecule has 1 N–H and O–H groups in total. The molecule has 0 unspecified atom stereocenters. The van der Waals surface area contributed by atoms with E-state index in [0.29, 0.717) is 12.2 Å². The summed E-state index contributed by atoms with van der Waals surface area (Å²) in [4.78, 5) is 9.11. The Labute approximate surface area is 163 Å². The predicted octanol–water partition coefficient (Wildman–Crippen LogP) is 5.04. The second-order valence-electron chi connectivity index (χ2n) is 6.75. The van der Waals surface area contributed by atoms with Gasteiger partial charge in [0.2, 0.25) is 0 Å². The van der Waals surface area contributed by atoms with Gasteiger partial charge in [0.1, 0.15) is 5.82 Å². The molecule has 6 heteroatoms. The van der Waals surface area contributed by atoms with Crippen molar-refractivity contribution in [2.75, 3.05) is 5.32 Å². The summed E-state index contributed by atoms with van der Waals surface area (Å²) in [5.41, 5.74) is 5.52. The lowest BCUT2D eigenvalue weighted by atomic mass is 10.1. The molecule has 0 saturated heterocycles. The van der Waals surface area contributed by atoms with Crippen LogP contribution in [0.1, 0.15) is 28.2 Å². The third-order valence-electron chi connectivity index (χ3n) is 4.54. The average Bonchev–Trinajstić information content (AvgIpc) is 3.02. The molecule has 0 saturated carbocycles. The van der Waals surface area contributed by atoms with Crippen LogP contribution >= 0.6 is 11.6 Å². The van der Waals surface area contributed by atoms with Gasteiger partial charge in [0.05, 0.1) is 0 Å². The SMILES string of the molecule is Cc1cc(Nc2ccc(C)c(C)c2)n2nc(Cc3ccc(Cl)cc3)nc2n1. The molecule has 27 heavy (non-hydrogen) atoms. The second kappa shape index (κ2) is 7.00. The highest BCUT2D eigenvalue weighted by Gasteiger charge is 2.11. The monoisotopic (exact) mass is 377 g/mol. The minimum atomic E-state index is 0.588. The third-order valence-corrected chi connectivity index (χ3v) is 4.79. The lowest BCUT2D eigenvalue weighted by Gasteiger charge is -2.10. The second-order valence-corrected chi connectivity index (χ2v) is 7.19. The maximum Gasteiger partial charge on any atom is 0.254 e. The van der Waals surface area contributed by atoms with Crippen molar-refractivity contribution in [1.29, 1.82) is 0 Å². The lowest BCUT2D eigenvalue weighted by Crippen LogP contribution is -2.03. The fourth-order valence-corrected chi connectivity index (χ4v) is 3.07. The molecule has 0 fully saturated rings. The highest BCUT2D eigenvalue weighted by atomic mass is 35.5. The zero-order valence-electron chi connectivity index (χ0n) is 15.5. The van der Waals surface area contributed by atoms with Crippen molar-refractivity contribution >= 4 is 28.9 Å². The Morgan fingerprint density at radius 1 is 0.926 bits per heavy atom. The average molecular weight is 378 g/mol. The largest absolute Gasteiger partial charge is 0.340 e. The van der Waals surface area contributed by atoms with Crippen LogP contribution in [0.3, 0.4) is 0 Å². The summed E-state index contributed by atoms with van der Waals surface area (Å²) >= 11 is 5.96. The summed E-state index contributed by atoms with van der Waals surface area (Å²) in [6.45, 7) is 6.17. The molecule has 0 radical (unpaired) electrons. The minimum Gasteiger partial charge on any atom is -0.340 e. The Morgan fingerprint density at radius 2 is 1.70 bits per heavy atom. The van der Waals surface area contributed by atoms with Crippen molar-refractivity contribution in [2.24, 2.45) is 0 Å². The fourth-order valence-electron chi connectivity index (χ4n) is 2.94. The Hall–Kier alpha value is -2.92. The smallest absolute Gasteiger partial charge is 0.254 e. The van der Waals surface area contributed by atoms with Crippen molar-refractivity contribution < 1.29 is 0 Å². The van der Waals surface area contributed by atoms with Gasteiger partial charge < -0.3 is 5.32 Å². The molecule has 0 bridgehead atoms. The molecule has 2 aromatic carbocycles. The predicted molar refractivity (Wildman–Crippen MR) is 109 cm³/mol. The van der Waals surface area contributed by atoms with Gasteiger partial charge in [0.15, 0.2) is 5.82 Å². The quantitative estimate of drug-likeness (QED) is 0.541. The van der Waals surface area contributed by atoms with Crippen LogP contribution in [0.2, 0.25) is 5.02 Å². The first-order valence-corrected chi connectivity index (χ1v) is 9.18. The Balaban J connectivity index is 1.69. The van der Waals surface area contributed by atoms with E-state index in [1.54, 1.807) is 4.52 Å². The molecular weight excluding hydrogens is 358 g/mol. The van der Waals surface area contributed by atoms with Gasteiger partial charge in [-0.1, -0.05) is 29.8 Å². The van der Waals surface area contributed by atoms with Gasteiger partial charge in [-0.2, -0.15) is 9.50 Å². The number of fused-ring (bicyclic) bond motifs is 1. The summed E-state index contributed by atoms with van der Waals surface area (Å²) < 4.78 is 1.76. The molecule has 0 spiro atoms. The van der Waals surface area contributed by atoms with E-state index in [1.807, 2.05) is 37.3 Å². The van der Waals surface area contributed by atoms with Crippen LogP contribution in [0.5, 0.6) is 0 Å². The van der Waals surface area contributed by atoms with Gasteiger partial charge >= 0.3 is 0 Å². The third kappa shape index (κ3) is 3.78. The number of halogens is 1. The van der Waals surface area contributed by atoms with Crippen LogP contribution in [-0.2, 0) is 6.42 Å². The number of nitrogens with zero attached hydrogens (tertiary/aromatic N) is 4. The molecule has 2 heterocycles. The number of rotatable bonds is 4. The number of nitrogens with one attached hydrogen (secondary N) is 1. The van der Waals surface area contributed by atoms with Crippen molar-refractivity contribution in [2.45, 2.75) is 27.2 Å². The molecular formula is C21H20ClN5. The topological polar surface area (TPSA) is 55.1 Å². The van der Waals surface area contributed by atoms with E-state index < -0.39 is 0 Å². The van der Waals surface area contributed by atoms with Crippen LogP contribution in [0.25, 0.3) is 5.78 Å². The first kappa shape index (κ1) is 17.5. The molecule has 2 aromatic heterocycles. The van der Waals surface area contributed by atoms with Crippen molar-refractivity contribution in [3.8, 4) is 0 Å². The summed E-state index contributed by atoms with van der Waals surface area (Å²) in [5.74, 6) is 2.15. The zero-order chi connectivity index (χ0) is 19.0. The Morgan fingerprint density at radius 3 is 2.44 bits per heavy atom. The van der Waals surface area contributed by atoms with E-state index in [-0.39, 0.29) is 0 Å². The van der Waals surface area contributed by atoms with Crippen LogP contribution in [-0.4, -0.2) is 19.6 Å². The molecule has 4 aromatic rings. The first-order chi connectivity index (χ1) is 13.0. The zero-order valence-corrected chi connectivity index (χ0v) is 16.2. The van der Waals surface area contributed by atoms with Gasteiger partial charge in [-0.3, -0.25) is 0 Å². The molecule has 0 aliphatic carbocycles. The summed E-state index contributed by atoms with van der Waals surface area (Å²) in [7, 11) is 0. The number of hydrogen-bond donors (Lipinski definition) is 1. The number of anilines is 2. The van der Waals surface area contributed by atoms with E-state index >= 15 is 0 Å². The molecule has 0 atom stereocenters. The van der Waals surface area contributed by atoms with Gasteiger partial charge in [-0.15, -0.1) is 5.10 Å². The maximum absolute atomic E-state index is 5.96. The number of benzene rings is 2. The fraction of sp³-hybridized carbons (Fsp3) is 0.190. The Bertz CT molecular complexity index is 1120. The van der Waals surface area contributed by atoms with Crippen molar-refractivity contribution in [3.05, 3.63) is 81.8 Å². The van der Waals surface area contributed by atoms with Crippen molar-refractivity contribution in [1.82, 2.24) is 19.6 Å². The summed E-state index contributed by atoms with van der Waals surface area (Å²) in [6, 6.07) is 16.0. The summed E-state index contributed by atoms with van der Waals surface area (Å²) in [6.07, 6.45) is 0.628. The van der Waals surface area contributed by atoms with Gasteiger partial charge in [0, 0.05) is 28.9 Å². The van der Waals surface area contributed by atoms with Gasteiger partial charge in [-0.05, 0) is 61.7 Å². The number of aryl methyl sites for hydroxylation is 3. The van der Waals surface area contributed by atoms with E-state index in [0.717, 1.165) is 33.6 Å².